The Hall–Kier alpha value is -1.08. The van der Waals surface area contributed by atoms with Crippen LogP contribution < -0.4 is 0 Å². The van der Waals surface area contributed by atoms with Crippen LogP contribution >= 0.6 is 11.6 Å². The van der Waals surface area contributed by atoms with Gasteiger partial charge in [0, 0.05) is 11.6 Å². The summed E-state index contributed by atoms with van der Waals surface area (Å²) in [5, 5.41) is 2.82. The van der Waals surface area contributed by atoms with E-state index in [9.17, 15) is 0 Å². The first-order valence-electron chi connectivity index (χ1n) is 4.20. The molecular formula is C11H10ClN. The third kappa shape index (κ3) is 1.40. The van der Waals surface area contributed by atoms with Crippen molar-refractivity contribution >= 4 is 22.4 Å². The lowest BCUT2D eigenvalue weighted by Gasteiger charge is -2.03. The van der Waals surface area contributed by atoms with Gasteiger partial charge in [0.1, 0.15) is 5.15 Å². The summed E-state index contributed by atoms with van der Waals surface area (Å²) in [6.45, 7) is 4.10. The highest BCUT2D eigenvalue weighted by Crippen LogP contribution is 2.24. The predicted molar refractivity (Wildman–Crippen MR) is 56.2 cm³/mol. The van der Waals surface area contributed by atoms with Crippen LogP contribution in [0, 0.1) is 13.8 Å². The van der Waals surface area contributed by atoms with Crippen LogP contribution in [0.5, 0.6) is 0 Å². The van der Waals surface area contributed by atoms with Gasteiger partial charge in [0.2, 0.25) is 0 Å². The average Bonchev–Trinajstić information content (AvgIpc) is 2.12. The molecule has 0 N–H and O–H groups in total. The molecule has 0 aliphatic heterocycles. The second kappa shape index (κ2) is 3.00. The third-order valence-electron chi connectivity index (χ3n) is 2.19. The summed E-state index contributed by atoms with van der Waals surface area (Å²) in [5.41, 5.74) is 2.38. The molecule has 1 aromatic heterocycles. The van der Waals surface area contributed by atoms with Gasteiger partial charge in [-0.25, -0.2) is 4.98 Å². The summed E-state index contributed by atoms with van der Waals surface area (Å²) >= 11 is 5.99. The van der Waals surface area contributed by atoms with Crippen molar-refractivity contribution in [2.75, 3.05) is 0 Å². The molecule has 0 aliphatic rings. The van der Waals surface area contributed by atoms with E-state index >= 15 is 0 Å². The first-order valence-corrected chi connectivity index (χ1v) is 4.58. The van der Waals surface area contributed by atoms with Crippen molar-refractivity contribution < 1.29 is 0 Å². The Morgan fingerprint density at radius 3 is 2.69 bits per heavy atom. The maximum absolute atomic E-state index is 5.99. The van der Waals surface area contributed by atoms with Crippen molar-refractivity contribution in [3.8, 4) is 0 Å². The zero-order valence-corrected chi connectivity index (χ0v) is 8.39. The molecule has 1 aromatic carbocycles. The van der Waals surface area contributed by atoms with Gasteiger partial charge < -0.3 is 0 Å². The number of aromatic nitrogens is 1. The largest absolute Gasteiger partial charge is 0.244 e. The molecule has 0 saturated heterocycles. The van der Waals surface area contributed by atoms with Crippen LogP contribution in [0.2, 0.25) is 5.15 Å². The molecule has 66 valence electrons. The molecule has 0 atom stereocenters. The summed E-state index contributed by atoms with van der Waals surface area (Å²) in [6.07, 6.45) is 1.81. The van der Waals surface area contributed by atoms with Crippen LogP contribution in [0.25, 0.3) is 10.8 Å². The topological polar surface area (TPSA) is 12.9 Å². The maximum Gasteiger partial charge on any atom is 0.136 e. The molecule has 13 heavy (non-hydrogen) atoms. The van der Waals surface area contributed by atoms with Crippen molar-refractivity contribution in [3.05, 3.63) is 40.7 Å². The van der Waals surface area contributed by atoms with E-state index in [1.165, 1.54) is 16.5 Å². The molecule has 2 rings (SSSR count). The van der Waals surface area contributed by atoms with Crippen molar-refractivity contribution in [2.45, 2.75) is 13.8 Å². The van der Waals surface area contributed by atoms with E-state index in [2.05, 4.69) is 30.1 Å². The minimum Gasteiger partial charge on any atom is -0.244 e. The Morgan fingerprint density at radius 1 is 1.15 bits per heavy atom. The number of rotatable bonds is 0. The molecule has 0 fully saturated rings. The Bertz CT molecular complexity index is 463. The molecule has 0 radical (unpaired) electrons. The van der Waals surface area contributed by atoms with Crippen molar-refractivity contribution in [2.24, 2.45) is 0 Å². The Balaban J connectivity index is 2.92. The fraction of sp³-hybridized carbons (Fsp3) is 0.182. The number of nitrogens with zero attached hydrogens (tertiary/aromatic N) is 1. The van der Waals surface area contributed by atoms with Gasteiger partial charge in [-0.1, -0.05) is 29.3 Å². The molecule has 1 nitrogen and oxygen atoms in total. The third-order valence-corrected chi connectivity index (χ3v) is 2.49. The fourth-order valence-corrected chi connectivity index (χ4v) is 1.67. The fourth-order valence-electron chi connectivity index (χ4n) is 1.47. The van der Waals surface area contributed by atoms with Crippen LogP contribution in [0.15, 0.2) is 24.4 Å². The summed E-state index contributed by atoms with van der Waals surface area (Å²) < 4.78 is 0. The zero-order chi connectivity index (χ0) is 9.42. The predicted octanol–water partition coefficient (Wildman–Crippen LogP) is 3.51. The van der Waals surface area contributed by atoms with Gasteiger partial charge in [0.15, 0.2) is 0 Å². The smallest absolute Gasteiger partial charge is 0.136 e. The maximum atomic E-state index is 5.99. The average molecular weight is 192 g/mol. The van der Waals surface area contributed by atoms with E-state index in [-0.39, 0.29) is 0 Å². The van der Waals surface area contributed by atoms with E-state index in [4.69, 9.17) is 11.6 Å². The number of halogens is 1. The van der Waals surface area contributed by atoms with Gasteiger partial charge in [-0.3, -0.25) is 0 Å². The highest BCUT2D eigenvalue weighted by molar-refractivity contribution is 6.34. The summed E-state index contributed by atoms with van der Waals surface area (Å²) in [5.74, 6) is 0. The van der Waals surface area contributed by atoms with Crippen LogP contribution in [-0.4, -0.2) is 4.98 Å². The minimum absolute atomic E-state index is 0.587. The van der Waals surface area contributed by atoms with Crippen molar-refractivity contribution in [1.82, 2.24) is 4.98 Å². The molecule has 2 heteroatoms. The Labute approximate surface area is 82.4 Å². The van der Waals surface area contributed by atoms with Gasteiger partial charge in [-0.05, 0) is 30.9 Å². The molecule has 2 aromatic rings. The summed E-state index contributed by atoms with van der Waals surface area (Å²) in [4.78, 5) is 4.11. The van der Waals surface area contributed by atoms with Gasteiger partial charge in [0.25, 0.3) is 0 Å². The molecule has 1 heterocycles. The van der Waals surface area contributed by atoms with Gasteiger partial charge >= 0.3 is 0 Å². The molecule has 0 bridgehead atoms. The number of benzene rings is 1. The molecule has 0 amide bonds. The Morgan fingerprint density at radius 2 is 1.92 bits per heavy atom. The van der Waals surface area contributed by atoms with E-state index in [1.807, 2.05) is 6.92 Å². The van der Waals surface area contributed by atoms with Crippen LogP contribution in [0.3, 0.4) is 0 Å². The quantitative estimate of drug-likeness (QED) is 0.581. The SMILES string of the molecule is Cc1ccc2c(C)cnc(Cl)c2c1. The van der Waals surface area contributed by atoms with E-state index < -0.39 is 0 Å². The lowest BCUT2D eigenvalue weighted by Crippen LogP contribution is -1.84. The van der Waals surface area contributed by atoms with Crippen molar-refractivity contribution in [1.29, 1.82) is 0 Å². The highest BCUT2D eigenvalue weighted by atomic mass is 35.5. The van der Waals surface area contributed by atoms with E-state index in [1.54, 1.807) is 6.20 Å². The molecule has 0 unspecified atom stereocenters. The van der Waals surface area contributed by atoms with Crippen LogP contribution in [0.1, 0.15) is 11.1 Å². The number of hydrogen-bond acceptors (Lipinski definition) is 1. The second-order valence-electron chi connectivity index (χ2n) is 3.28. The van der Waals surface area contributed by atoms with Gasteiger partial charge in [-0.15, -0.1) is 0 Å². The first kappa shape index (κ1) is 8.52. The normalized spacial score (nSPS) is 10.7. The Kier molecular flexibility index (Phi) is 1.97. The van der Waals surface area contributed by atoms with Crippen LogP contribution in [-0.2, 0) is 0 Å². The van der Waals surface area contributed by atoms with E-state index in [0.29, 0.717) is 5.15 Å². The first-order chi connectivity index (χ1) is 6.18. The number of pyridine rings is 1. The number of fused-ring (bicyclic) bond motifs is 1. The zero-order valence-electron chi connectivity index (χ0n) is 7.63. The second-order valence-corrected chi connectivity index (χ2v) is 3.64. The minimum atomic E-state index is 0.587. The summed E-state index contributed by atoms with van der Waals surface area (Å²) in [6, 6.07) is 6.25. The van der Waals surface area contributed by atoms with Crippen LogP contribution in [0.4, 0.5) is 0 Å². The molecule has 0 aliphatic carbocycles. The number of hydrogen-bond donors (Lipinski definition) is 0. The highest BCUT2D eigenvalue weighted by Gasteiger charge is 2.02. The number of aryl methyl sites for hydroxylation is 2. The van der Waals surface area contributed by atoms with Gasteiger partial charge in [0.05, 0.1) is 0 Å². The van der Waals surface area contributed by atoms with E-state index in [0.717, 1.165) is 5.39 Å². The molecular weight excluding hydrogens is 182 g/mol. The lowest BCUT2D eigenvalue weighted by molar-refractivity contribution is 1.30. The monoisotopic (exact) mass is 191 g/mol. The van der Waals surface area contributed by atoms with Crippen molar-refractivity contribution in [3.63, 3.8) is 0 Å². The summed E-state index contributed by atoms with van der Waals surface area (Å²) in [7, 11) is 0. The molecule has 0 spiro atoms. The molecule has 0 saturated carbocycles. The van der Waals surface area contributed by atoms with Gasteiger partial charge in [-0.2, -0.15) is 0 Å². The lowest BCUT2D eigenvalue weighted by atomic mass is 10.1. The standard InChI is InChI=1S/C11H10ClN/c1-7-3-4-9-8(2)6-13-11(12)10(9)5-7/h3-6H,1-2H3.